The van der Waals surface area contributed by atoms with Gasteiger partial charge in [-0.25, -0.2) is 4.68 Å². The lowest BCUT2D eigenvalue weighted by molar-refractivity contribution is 0.0942. The van der Waals surface area contributed by atoms with E-state index in [2.05, 4.69) is 26.6 Å². The molecule has 0 fully saturated rings. The second kappa shape index (κ2) is 9.18. The number of nitrogens with zero attached hydrogens (tertiary/aromatic N) is 4. The quantitative estimate of drug-likeness (QED) is 0.631. The molecule has 0 radical (unpaired) electrons. The molecule has 1 amide bonds. The smallest absolute Gasteiger partial charge is 0.273 e. The molecule has 8 heteroatoms. The number of ether oxygens (including phenoxy) is 2. The van der Waals surface area contributed by atoms with Crippen molar-refractivity contribution >= 4 is 5.91 Å². The van der Waals surface area contributed by atoms with Crippen molar-refractivity contribution in [2.24, 2.45) is 0 Å². The minimum Gasteiger partial charge on any atom is -0.493 e. The van der Waals surface area contributed by atoms with E-state index in [-0.39, 0.29) is 5.91 Å². The van der Waals surface area contributed by atoms with Crippen LogP contribution in [0.15, 0.2) is 42.6 Å². The van der Waals surface area contributed by atoms with Crippen LogP contribution in [-0.4, -0.2) is 59.7 Å². The van der Waals surface area contributed by atoms with Gasteiger partial charge in [0.15, 0.2) is 17.2 Å². The normalized spacial score (nSPS) is 13.5. The Balaban J connectivity index is 1.31. The maximum Gasteiger partial charge on any atom is 0.273 e. The van der Waals surface area contributed by atoms with E-state index in [1.54, 1.807) is 25.1 Å². The molecule has 0 unspecified atom stereocenters. The number of hydrogen-bond acceptors (Lipinski definition) is 6. The number of aromatic nitrogens is 3. The van der Waals surface area contributed by atoms with Crippen molar-refractivity contribution in [3.63, 3.8) is 0 Å². The number of rotatable bonds is 7. The van der Waals surface area contributed by atoms with Crippen molar-refractivity contribution in [2.75, 3.05) is 33.9 Å². The molecule has 0 saturated carbocycles. The fraction of sp³-hybridized carbons (Fsp3) is 0.348. The lowest BCUT2D eigenvalue weighted by Crippen LogP contribution is -2.38. The summed E-state index contributed by atoms with van der Waals surface area (Å²) in [6.45, 7) is 5.07. The van der Waals surface area contributed by atoms with Crippen LogP contribution in [0.25, 0.3) is 5.69 Å². The van der Waals surface area contributed by atoms with Crippen LogP contribution in [0.4, 0.5) is 0 Å². The zero-order valence-electron chi connectivity index (χ0n) is 18.1. The molecule has 1 aromatic heterocycles. The maximum absolute atomic E-state index is 12.5. The van der Waals surface area contributed by atoms with E-state index < -0.39 is 0 Å². The number of benzene rings is 2. The van der Waals surface area contributed by atoms with E-state index >= 15 is 0 Å². The number of fused-ring (bicyclic) bond motifs is 1. The van der Waals surface area contributed by atoms with Gasteiger partial charge in [0.05, 0.1) is 26.1 Å². The molecular weight excluding hydrogens is 394 g/mol. The van der Waals surface area contributed by atoms with Crippen LogP contribution in [0.1, 0.15) is 27.2 Å². The van der Waals surface area contributed by atoms with E-state index in [1.165, 1.54) is 16.7 Å². The SMILES string of the molecule is COc1cc2c(cc1OC)CN(CCNC(=O)c1cn(-c3ccc(C)cc3)nn1)CC2. The van der Waals surface area contributed by atoms with Crippen LogP contribution < -0.4 is 14.8 Å². The first-order valence-corrected chi connectivity index (χ1v) is 10.3. The van der Waals surface area contributed by atoms with Gasteiger partial charge in [-0.3, -0.25) is 9.69 Å². The average molecular weight is 422 g/mol. The van der Waals surface area contributed by atoms with Gasteiger partial charge in [-0.1, -0.05) is 22.9 Å². The number of aryl methyl sites for hydroxylation is 1. The van der Waals surface area contributed by atoms with Gasteiger partial charge < -0.3 is 14.8 Å². The van der Waals surface area contributed by atoms with E-state index in [0.717, 1.165) is 43.2 Å². The number of hydrogen-bond donors (Lipinski definition) is 1. The topological polar surface area (TPSA) is 81.5 Å². The third kappa shape index (κ3) is 4.69. The predicted octanol–water partition coefficient (Wildman–Crippen LogP) is 2.38. The molecule has 0 saturated heterocycles. The largest absolute Gasteiger partial charge is 0.493 e. The van der Waals surface area contributed by atoms with Crippen molar-refractivity contribution in [1.29, 1.82) is 0 Å². The summed E-state index contributed by atoms with van der Waals surface area (Å²) in [5, 5.41) is 11.0. The van der Waals surface area contributed by atoms with Crippen molar-refractivity contribution in [3.05, 3.63) is 65.0 Å². The summed E-state index contributed by atoms with van der Waals surface area (Å²) in [4.78, 5) is 14.8. The van der Waals surface area contributed by atoms with Gasteiger partial charge in [-0.15, -0.1) is 5.10 Å². The number of methoxy groups -OCH3 is 2. The molecule has 31 heavy (non-hydrogen) atoms. The molecule has 0 bridgehead atoms. The Morgan fingerprint density at radius 1 is 1.10 bits per heavy atom. The predicted molar refractivity (Wildman–Crippen MR) is 117 cm³/mol. The molecule has 0 aliphatic carbocycles. The monoisotopic (exact) mass is 421 g/mol. The molecule has 8 nitrogen and oxygen atoms in total. The molecule has 1 N–H and O–H groups in total. The lowest BCUT2D eigenvalue weighted by Gasteiger charge is -2.29. The molecule has 162 valence electrons. The Labute approximate surface area is 181 Å². The van der Waals surface area contributed by atoms with Gasteiger partial charge in [-0.2, -0.15) is 0 Å². The number of carbonyl (C=O) groups excluding carboxylic acids is 1. The molecule has 3 aromatic rings. The Bertz CT molecular complexity index is 1060. The second-order valence-electron chi connectivity index (χ2n) is 7.64. The average Bonchev–Trinajstić information content (AvgIpc) is 3.29. The molecule has 0 atom stereocenters. The van der Waals surface area contributed by atoms with E-state index in [0.29, 0.717) is 12.2 Å². The maximum atomic E-state index is 12.5. The Kier molecular flexibility index (Phi) is 6.18. The summed E-state index contributed by atoms with van der Waals surface area (Å²) >= 11 is 0. The summed E-state index contributed by atoms with van der Waals surface area (Å²) < 4.78 is 12.4. The minimum absolute atomic E-state index is 0.220. The first-order chi connectivity index (χ1) is 15.1. The van der Waals surface area contributed by atoms with Gasteiger partial charge in [0.25, 0.3) is 5.91 Å². The second-order valence-corrected chi connectivity index (χ2v) is 7.64. The van der Waals surface area contributed by atoms with E-state index in [1.807, 2.05) is 37.3 Å². The van der Waals surface area contributed by atoms with Gasteiger partial charge in [0, 0.05) is 26.2 Å². The summed E-state index contributed by atoms with van der Waals surface area (Å²) in [5.41, 5.74) is 4.86. The molecule has 1 aliphatic heterocycles. The summed E-state index contributed by atoms with van der Waals surface area (Å²) in [6, 6.07) is 12.0. The molecular formula is C23H27N5O3. The Morgan fingerprint density at radius 3 is 2.52 bits per heavy atom. The van der Waals surface area contributed by atoms with E-state index in [9.17, 15) is 4.79 Å². The van der Waals surface area contributed by atoms with Crippen molar-refractivity contribution < 1.29 is 14.3 Å². The van der Waals surface area contributed by atoms with Gasteiger partial charge in [0.1, 0.15) is 0 Å². The summed E-state index contributed by atoms with van der Waals surface area (Å²) in [7, 11) is 3.30. The molecule has 1 aliphatic rings. The zero-order chi connectivity index (χ0) is 21.8. The lowest BCUT2D eigenvalue weighted by atomic mass is 9.99. The van der Waals surface area contributed by atoms with Crippen LogP contribution >= 0.6 is 0 Å². The minimum atomic E-state index is -0.220. The highest BCUT2D eigenvalue weighted by atomic mass is 16.5. The standard InChI is InChI=1S/C23H27N5O3/c1-16-4-6-19(7-5-16)28-15-20(25-26-28)23(29)24-9-11-27-10-8-17-12-21(30-2)22(31-3)13-18(17)14-27/h4-7,12-13,15H,8-11,14H2,1-3H3,(H,24,29). The summed E-state index contributed by atoms with van der Waals surface area (Å²) in [5.74, 6) is 1.29. The molecule has 2 aromatic carbocycles. The van der Waals surface area contributed by atoms with Crippen LogP contribution in [0, 0.1) is 6.92 Å². The van der Waals surface area contributed by atoms with Crippen LogP contribution in [0.2, 0.25) is 0 Å². The first-order valence-electron chi connectivity index (χ1n) is 10.3. The van der Waals surface area contributed by atoms with E-state index in [4.69, 9.17) is 9.47 Å². The zero-order valence-corrected chi connectivity index (χ0v) is 18.1. The third-order valence-corrected chi connectivity index (χ3v) is 5.54. The van der Waals surface area contributed by atoms with Crippen molar-refractivity contribution in [1.82, 2.24) is 25.2 Å². The van der Waals surface area contributed by atoms with Gasteiger partial charge in [0.2, 0.25) is 0 Å². The Hall–Kier alpha value is -3.39. The number of amides is 1. The fourth-order valence-corrected chi connectivity index (χ4v) is 3.74. The number of carbonyl (C=O) groups is 1. The van der Waals surface area contributed by atoms with Crippen LogP contribution in [-0.2, 0) is 13.0 Å². The molecule has 0 spiro atoms. The fourth-order valence-electron chi connectivity index (χ4n) is 3.74. The summed E-state index contributed by atoms with van der Waals surface area (Å²) in [6.07, 6.45) is 2.59. The van der Waals surface area contributed by atoms with Crippen molar-refractivity contribution in [3.8, 4) is 17.2 Å². The van der Waals surface area contributed by atoms with Crippen LogP contribution in [0.3, 0.4) is 0 Å². The molecule has 2 heterocycles. The van der Waals surface area contributed by atoms with Crippen LogP contribution in [0.5, 0.6) is 11.5 Å². The highest BCUT2D eigenvalue weighted by Gasteiger charge is 2.19. The van der Waals surface area contributed by atoms with Crippen molar-refractivity contribution in [2.45, 2.75) is 19.9 Å². The highest BCUT2D eigenvalue weighted by Crippen LogP contribution is 2.33. The highest BCUT2D eigenvalue weighted by molar-refractivity contribution is 5.91. The van der Waals surface area contributed by atoms with Gasteiger partial charge >= 0.3 is 0 Å². The molecule has 4 rings (SSSR count). The first kappa shape index (κ1) is 20.9. The third-order valence-electron chi connectivity index (χ3n) is 5.54. The number of nitrogens with one attached hydrogen (secondary N) is 1. The van der Waals surface area contributed by atoms with Gasteiger partial charge in [-0.05, 0) is 48.7 Å². The Morgan fingerprint density at radius 2 is 1.81 bits per heavy atom.